The summed E-state index contributed by atoms with van der Waals surface area (Å²) in [5.74, 6) is 0.640. The minimum absolute atomic E-state index is 0.395. The molecule has 130 valence electrons. The maximum atomic E-state index is 6.09. The lowest BCUT2D eigenvalue weighted by atomic mass is 10.1. The van der Waals surface area contributed by atoms with Crippen molar-refractivity contribution < 1.29 is 4.74 Å². The van der Waals surface area contributed by atoms with E-state index in [0.29, 0.717) is 10.9 Å². The Bertz CT molecular complexity index is 1080. The zero-order chi connectivity index (χ0) is 18.1. The van der Waals surface area contributed by atoms with E-state index in [9.17, 15) is 0 Å². The average molecular weight is 382 g/mol. The summed E-state index contributed by atoms with van der Waals surface area (Å²) in [6.45, 7) is 0. The van der Waals surface area contributed by atoms with Crippen molar-refractivity contribution in [1.29, 1.82) is 0 Å². The van der Waals surface area contributed by atoms with E-state index < -0.39 is 0 Å². The van der Waals surface area contributed by atoms with Crippen LogP contribution >= 0.6 is 22.9 Å². The van der Waals surface area contributed by atoms with Gasteiger partial charge in [-0.05, 0) is 22.9 Å². The lowest BCUT2D eigenvalue weighted by Gasteiger charge is -2.06. The van der Waals surface area contributed by atoms with Gasteiger partial charge in [-0.3, -0.25) is 0 Å². The minimum Gasteiger partial charge on any atom is -0.444 e. The van der Waals surface area contributed by atoms with Crippen molar-refractivity contribution in [2.45, 2.75) is 0 Å². The molecule has 0 unspecified atom stereocenters. The van der Waals surface area contributed by atoms with Crippen LogP contribution in [0.4, 0.5) is 5.13 Å². The van der Waals surface area contributed by atoms with E-state index in [0.717, 1.165) is 21.5 Å². The maximum absolute atomic E-state index is 6.09. The van der Waals surface area contributed by atoms with Crippen molar-refractivity contribution in [2.75, 3.05) is 19.0 Å². The molecule has 0 saturated carbocycles. The van der Waals surface area contributed by atoms with Gasteiger partial charge in [-0.15, -0.1) is 0 Å². The van der Waals surface area contributed by atoms with Crippen LogP contribution in [0.3, 0.4) is 0 Å². The molecule has 0 amide bonds. The molecule has 0 N–H and O–H groups in total. The van der Waals surface area contributed by atoms with Gasteiger partial charge in [-0.2, -0.15) is 0 Å². The second kappa shape index (κ2) is 6.94. The normalized spacial score (nSPS) is 10.9. The molecular formula is C20H16ClN3OS. The molecule has 0 aliphatic carbocycles. The van der Waals surface area contributed by atoms with E-state index in [1.54, 1.807) is 18.3 Å². The largest absolute Gasteiger partial charge is 0.444 e. The highest BCUT2D eigenvalue weighted by Crippen LogP contribution is 2.42. The van der Waals surface area contributed by atoms with Gasteiger partial charge < -0.3 is 9.64 Å². The van der Waals surface area contributed by atoms with Crippen LogP contribution < -0.4 is 9.64 Å². The number of ether oxygens (including phenoxy) is 1. The molecule has 4 rings (SSSR count). The van der Waals surface area contributed by atoms with Gasteiger partial charge >= 0.3 is 0 Å². The number of hydrogen-bond donors (Lipinski definition) is 0. The summed E-state index contributed by atoms with van der Waals surface area (Å²) in [6, 6.07) is 18.1. The van der Waals surface area contributed by atoms with Crippen LogP contribution in [0, 0.1) is 0 Å². The first kappa shape index (κ1) is 16.8. The van der Waals surface area contributed by atoms with Crippen molar-refractivity contribution in [2.24, 2.45) is 0 Å². The van der Waals surface area contributed by atoms with Crippen molar-refractivity contribution >= 4 is 38.8 Å². The summed E-state index contributed by atoms with van der Waals surface area (Å²) in [6.07, 6.45) is 1.63. The molecule has 2 aromatic heterocycles. The predicted octanol–water partition coefficient (Wildman–Crippen LogP) is 5.87. The van der Waals surface area contributed by atoms with Crippen LogP contribution in [0.2, 0.25) is 5.15 Å². The van der Waals surface area contributed by atoms with Crippen molar-refractivity contribution in [3.8, 4) is 22.1 Å². The fourth-order valence-corrected chi connectivity index (χ4v) is 3.68. The van der Waals surface area contributed by atoms with E-state index >= 15 is 0 Å². The summed E-state index contributed by atoms with van der Waals surface area (Å²) >= 11 is 7.47. The molecule has 26 heavy (non-hydrogen) atoms. The fourth-order valence-electron chi connectivity index (χ4n) is 2.63. The number of thiazole rings is 1. The van der Waals surface area contributed by atoms with Gasteiger partial charge in [0.1, 0.15) is 16.6 Å². The molecule has 4 aromatic rings. The van der Waals surface area contributed by atoms with Gasteiger partial charge in [-0.1, -0.05) is 59.3 Å². The highest BCUT2D eigenvalue weighted by atomic mass is 35.5. The van der Waals surface area contributed by atoms with Crippen LogP contribution in [0.15, 0.2) is 60.8 Å². The molecule has 4 nitrogen and oxygen atoms in total. The third-order valence-corrected chi connectivity index (χ3v) is 5.21. The monoisotopic (exact) mass is 381 g/mol. The number of benzene rings is 2. The molecule has 0 fully saturated rings. The summed E-state index contributed by atoms with van der Waals surface area (Å²) in [4.78, 5) is 10.7. The summed E-state index contributed by atoms with van der Waals surface area (Å²) < 4.78 is 6.09. The Morgan fingerprint density at radius 2 is 1.81 bits per heavy atom. The van der Waals surface area contributed by atoms with Gasteiger partial charge in [-0.25, -0.2) is 9.97 Å². The van der Waals surface area contributed by atoms with Crippen molar-refractivity contribution in [3.63, 3.8) is 0 Å². The Balaban J connectivity index is 1.80. The number of halogens is 1. The van der Waals surface area contributed by atoms with Crippen LogP contribution in [0.25, 0.3) is 22.0 Å². The standard InChI is InChI=1S/C20H16ClN3OS/c1-24(2)20-23-18(15-8-7-13-5-3-4-6-14(13)11-15)19(26-20)25-16-9-10-22-17(21)12-16/h3-12H,1-2H3. The van der Waals surface area contributed by atoms with E-state index in [4.69, 9.17) is 21.3 Å². The van der Waals surface area contributed by atoms with Gasteiger partial charge in [0.15, 0.2) is 5.13 Å². The topological polar surface area (TPSA) is 38.2 Å². The van der Waals surface area contributed by atoms with Crippen LogP contribution in [-0.4, -0.2) is 24.1 Å². The van der Waals surface area contributed by atoms with E-state index in [2.05, 4.69) is 35.3 Å². The zero-order valence-electron chi connectivity index (χ0n) is 14.3. The highest BCUT2D eigenvalue weighted by molar-refractivity contribution is 7.17. The number of rotatable bonds is 4. The lowest BCUT2D eigenvalue weighted by molar-refractivity contribution is 0.496. The second-order valence-electron chi connectivity index (χ2n) is 6.01. The summed E-state index contributed by atoms with van der Waals surface area (Å²) in [5, 5.41) is 4.37. The van der Waals surface area contributed by atoms with Crippen LogP contribution in [0.1, 0.15) is 0 Å². The van der Waals surface area contributed by atoms with Gasteiger partial charge in [0, 0.05) is 31.9 Å². The Morgan fingerprint density at radius 3 is 2.58 bits per heavy atom. The molecule has 0 radical (unpaired) electrons. The van der Waals surface area contributed by atoms with Gasteiger partial charge in [0.2, 0.25) is 5.06 Å². The third kappa shape index (κ3) is 3.36. The second-order valence-corrected chi connectivity index (χ2v) is 7.33. The lowest BCUT2D eigenvalue weighted by Crippen LogP contribution is -2.07. The molecule has 0 aliphatic heterocycles. The molecular weight excluding hydrogens is 366 g/mol. The molecule has 0 bridgehead atoms. The Morgan fingerprint density at radius 1 is 1.00 bits per heavy atom. The predicted molar refractivity (Wildman–Crippen MR) is 109 cm³/mol. The number of anilines is 1. The third-order valence-electron chi connectivity index (χ3n) is 3.90. The molecule has 0 saturated heterocycles. The summed E-state index contributed by atoms with van der Waals surface area (Å²) in [5.41, 5.74) is 1.83. The first-order valence-corrected chi connectivity index (χ1v) is 9.26. The van der Waals surface area contributed by atoms with Crippen LogP contribution in [-0.2, 0) is 0 Å². The Hall–Kier alpha value is -2.63. The first-order valence-electron chi connectivity index (χ1n) is 8.07. The minimum atomic E-state index is 0.395. The SMILES string of the molecule is CN(C)c1nc(-c2ccc3ccccc3c2)c(Oc2ccnc(Cl)c2)s1. The Kier molecular flexibility index (Phi) is 4.49. The molecule has 0 spiro atoms. The van der Waals surface area contributed by atoms with Gasteiger partial charge in [0.05, 0.1) is 0 Å². The molecule has 0 atom stereocenters. The average Bonchev–Trinajstić information content (AvgIpc) is 3.05. The van der Waals surface area contributed by atoms with Crippen molar-refractivity contribution in [3.05, 3.63) is 65.9 Å². The van der Waals surface area contributed by atoms with E-state index in [1.807, 2.05) is 31.1 Å². The fraction of sp³-hybridized carbons (Fsp3) is 0.100. The quantitative estimate of drug-likeness (QED) is 0.414. The number of hydrogen-bond acceptors (Lipinski definition) is 5. The number of fused-ring (bicyclic) bond motifs is 1. The summed E-state index contributed by atoms with van der Waals surface area (Å²) in [7, 11) is 3.94. The number of nitrogens with zero attached hydrogens (tertiary/aromatic N) is 3. The van der Waals surface area contributed by atoms with Crippen LogP contribution in [0.5, 0.6) is 10.8 Å². The molecule has 2 heterocycles. The maximum Gasteiger partial charge on any atom is 0.210 e. The molecule has 2 aromatic carbocycles. The molecule has 6 heteroatoms. The van der Waals surface area contributed by atoms with E-state index in [1.165, 1.54) is 22.1 Å². The molecule has 0 aliphatic rings. The highest BCUT2D eigenvalue weighted by Gasteiger charge is 2.17. The number of pyridine rings is 1. The number of aromatic nitrogens is 2. The Labute approximate surface area is 160 Å². The van der Waals surface area contributed by atoms with E-state index in [-0.39, 0.29) is 0 Å². The smallest absolute Gasteiger partial charge is 0.210 e. The zero-order valence-corrected chi connectivity index (χ0v) is 15.9. The van der Waals surface area contributed by atoms with Crippen molar-refractivity contribution in [1.82, 2.24) is 9.97 Å². The van der Waals surface area contributed by atoms with Gasteiger partial charge in [0.25, 0.3) is 0 Å². The first-order chi connectivity index (χ1) is 12.6.